The molecule has 0 radical (unpaired) electrons. The van der Waals surface area contributed by atoms with E-state index in [2.05, 4.69) is 22.0 Å². The van der Waals surface area contributed by atoms with E-state index in [1.165, 1.54) is 10.6 Å². The van der Waals surface area contributed by atoms with Crippen molar-refractivity contribution in [3.63, 3.8) is 0 Å². The number of thiazole rings is 1. The maximum absolute atomic E-state index is 13.4. The van der Waals surface area contributed by atoms with Gasteiger partial charge in [0.1, 0.15) is 0 Å². The summed E-state index contributed by atoms with van der Waals surface area (Å²) < 4.78 is 1.48. The Morgan fingerprint density at radius 3 is 2.69 bits per heavy atom. The average molecular weight is 407 g/mol. The van der Waals surface area contributed by atoms with Gasteiger partial charge in [-0.1, -0.05) is 30.3 Å². The van der Waals surface area contributed by atoms with Crippen LogP contribution >= 0.6 is 11.3 Å². The number of benzene rings is 1. The molecule has 6 nitrogen and oxygen atoms in total. The van der Waals surface area contributed by atoms with Gasteiger partial charge in [-0.05, 0) is 11.6 Å². The molecule has 0 N–H and O–H groups in total. The van der Waals surface area contributed by atoms with Crippen LogP contribution in [0.4, 0.5) is 5.13 Å². The van der Waals surface area contributed by atoms with Crippen LogP contribution in [0.5, 0.6) is 0 Å². The Balaban J connectivity index is 1.48. The maximum atomic E-state index is 13.4. The minimum atomic E-state index is -0.165. The summed E-state index contributed by atoms with van der Waals surface area (Å²) in [4.78, 5) is 34.2. The smallest absolute Gasteiger partial charge is 0.254 e. The Hall–Kier alpha value is -2.93. The topological polar surface area (TPSA) is 58.4 Å². The van der Waals surface area contributed by atoms with Crippen molar-refractivity contribution in [1.82, 2.24) is 14.5 Å². The molecule has 2 saturated heterocycles. The van der Waals surface area contributed by atoms with Crippen LogP contribution in [-0.4, -0.2) is 40.0 Å². The molecule has 0 saturated carbocycles. The summed E-state index contributed by atoms with van der Waals surface area (Å²) in [5.41, 5.74) is 1.45. The number of hydrogen-bond acceptors (Lipinski definition) is 5. The molecule has 7 heteroatoms. The van der Waals surface area contributed by atoms with Crippen molar-refractivity contribution in [3.8, 4) is 0 Å². The number of aryl methyl sites for hydroxylation is 1. The molecule has 148 valence electrons. The number of hydrogen-bond donors (Lipinski definition) is 0. The van der Waals surface area contributed by atoms with E-state index >= 15 is 0 Å². The van der Waals surface area contributed by atoms with Gasteiger partial charge in [0.15, 0.2) is 5.13 Å². The number of aromatic nitrogens is 2. The van der Waals surface area contributed by atoms with E-state index in [0.717, 1.165) is 23.8 Å². The van der Waals surface area contributed by atoms with Gasteiger partial charge >= 0.3 is 0 Å². The Labute approximate surface area is 173 Å². The molecule has 0 spiro atoms. The first-order valence-corrected chi connectivity index (χ1v) is 10.7. The molecule has 3 aromatic rings. The van der Waals surface area contributed by atoms with Crippen LogP contribution in [0.15, 0.2) is 65.0 Å². The van der Waals surface area contributed by atoms with E-state index in [4.69, 9.17) is 0 Å². The molecule has 1 aromatic carbocycles. The van der Waals surface area contributed by atoms with E-state index in [0.29, 0.717) is 23.9 Å². The van der Waals surface area contributed by atoms with Crippen LogP contribution in [0.1, 0.15) is 22.0 Å². The van der Waals surface area contributed by atoms with Gasteiger partial charge in [0.05, 0.1) is 6.04 Å². The van der Waals surface area contributed by atoms with Crippen molar-refractivity contribution >= 4 is 22.4 Å². The zero-order chi connectivity index (χ0) is 20.0. The molecule has 3 atom stereocenters. The van der Waals surface area contributed by atoms with Gasteiger partial charge < -0.3 is 14.4 Å². The molecule has 2 aliphatic heterocycles. The molecular weight excluding hydrogens is 384 g/mol. The number of fused-ring (bicyclic) bond motifs is 1. The number of carbonyl (C=O) groups is 1. The lowest BCUT2D eigenvalue weighted by Crippen LogP contribution is -2.36. The Morgan fingerprint density at radius 1 is 1.14 bits per heavy atom. The minimum Gasteiger partial charge on any atom is -0.347 e. The highest BCUT2D eigenvalue weighted by Crippen LogP contribution is 2.46. The van der Waals surface area contributed by atoms with Crippen molar-refractivity contribution < 1.29 is 4.79 Å². The molecule has 29 heavy (non-hydrogen) atoms. The third-order valence-corrected chi connectivity index (χ3v) is 6.94. The second-order valence-electron chi connectivity index (χ2n) is 7.82. The molecule has 2 aliphatic rings. The van der Waals surface area contributed by atoms with Crippen molar-refractivity contribution in [2.75, 3.05) is 24.5 Å². The highest BCUT2D eigenvalue weighted by Gasteiger charge is 2.49. The molecule has 5 rings (SSSR count). The van der Waals surface area contributed by atoms with E-state index in [-0.39, 0.29) is 17.5 Å². The number of pyridine rings is 1. The Bertz CT molecular complexity index is 1080. The quantitative estimate of drug-likeness (QED) is 0.671. The lowest BCUT2D eigenvalue weighted by molar-refractivity contribution is 0.0715. The van der Waals surface area contributed by atoms with E-state index < -0.39 is 0 Å². The summed E-state index contributed by atoms with van der Waals surface area (Å²) in [6, 6.07) is 13.4. The van der Waals surface area contributed by atoms with Crippen molar-refractivity contribution in [2.24, 2.45) is 18.9 Å². The van der Waals surface area contributed by atoms with Gasteiger partial charge in [-0.2, -0.15) is 0 Å². The van der Waals surface area contributed by atoms with Crippen molar-refractivity contribution in [2.45, 2.75) is 6.04 Å². The Kier molecular flexibility index (Phi) is 4.47. The molecule has 0 aliphatic carbocycles. The lowest BCUT2D eigenvalue weighted by Gasteiger charge is -2.30. The average Bonchev–Trinajstić information content (AvgIpc) is 3.45. The number of anilines is 1. The highest BCUT2D eigenvalue weighted by atomic mass is 32.1. The molecule has 0 bridgehead atoms. The molecule has 2 fully saturated rings. The molecular formula is C22H22N4O2S. The number of carbonyl (C=O) groups excluding carboxylic acids is 1. The summed E-state index contributed by atoms with van der Waals surface area (Å²) in [6.45, 7) is 2.49. The van der Waals surface area contributed by atoms with Gasteiger partial charge in [0.25, 0.3) is 11.5 Å². The summed E-state index contributed by atoms with van der Waals surface area (Å²) >= 11 is 1.66. The van der Waals surface area contributed by atoms with Crippen LogP contribution in [0.3, 0.4) is 0 Å². The molecule has 4 heterocycles. The predicted octanol–water partition coefficient (Wildman–Crippen LogP) is 2.79. The summed E-state index contributed by atoms with van der Waals surface area (Å²) in [5.74, 6) is 0.670. The van der Waals surface area contributed by atoms with Crippen LogP contribution in [0, 0.1) is 11.8 Å². The summed E-state index contributed by atoms with van der Waals surface area (Å²) in [7, 11) is 1.69. The maximum Gasteiger partial charge on any atom is 0.254 e. The SMILES string of the molecule is Cn1ccc(C(=O)N2C[C@@H]3CN(c4nccs4)C[C@@H]3[C@@H]2c2ccccc2)cc1=O. The largest absolute Gasteiger partial charge is 0.347 e. The standard InChI is InChI=1S/C22H22N4O2S/c1-24-9-7-16(11-19(24)27)21(28)26-13-17-12-25(22-23-8-10-29-22)14-18(17)20(26)15-5-3-2-4-6-15/h2-11,17-18,20H,12-14H2,1H3/t17-,18-,20-/m0/s1. The van der Waals surface area contributed by atoms with Crippen LogP contribution in [-0.2, 0) is 7.05 Å². The third kappa shape index (κ3) is 3.15. The zero-order valence-electron chi connectivity index (χ0n) is 16.1. The zero-order valence-corrected chi connectivity index (χ0v) is 17.0. The highest BCUT2D eigenvalue weighted by molar-refractivity contribution is 7.13. The molecule has 0 unspecified atom stereocenters. The fourth-order valence-corrected chi connectivity index (χ4v) is 5.37. The van der Waals surface area contributed by atoms with E-state index in [9.17, 15) is 9.59 Å². The number of rotatable bonds is 3. The monoisotopic (exact) mass is 406 g/mol. The second kappa shape index (κ2) is 7.15. The second-order valence-corrected chi connectivity index (χ2v) is 8.69. The van der Waals surface area contributed by atoms with E-state index in [1.807, 2.05) is 34.7 Å². The molecule has 2 aromatic heterocycles. The lowest BCUT2D eigenvalue weighted by atomic mass is 9.89. The van der Waals surface area contributed by atoms with Crippen LogP contribution in [0.2, 0.25) is 0 Å². The van der Waals surface area contributed by atoms with Gasteiger partial charge in [-0.15, -0.1) is 11.3 Å². The molecule has 1 amide bonds. The summed E-state index contributed by atoms with van der Waals surface area (Å²) in [5, 5.41) is 3.06. The first kappa shape index (κ1) is 18.1. The van der Waals surface area contributed by atoms with E-state index in [1.54, 1.807) is 30.6 Å². The minimum absolute atomic E-state index is 0.00252. The van der Waals surface area contributed by atoms with Gasteiger partial charge in [-0.3, -0.25) is 9.59 Å². The van der Waals surface area contributed by atoms with Crippen molar-refractivity contribution in [1.29, 1.82) is 0 Å². The predicted molar refractivity (Wildman–Crippen MR) is 113 cm³/mol. The normalized spacial score (nSPS) is 23.4. The first-order valence-electron chi connectivity index (χ1n) is 9.79. The number of nitrogens with zero attached hydrogens (tertiary/aromatic N) is 4. The number of likely N-dealkylation sites (tertiary alicyclic amines) is 1. The fraction of sp³-hybridized carbons (Fsp3) is 0.318. The van der Waals surface area contributed by atoms with Gasteiger partial charge in [0, 0.05) is 67.9 Å². The third-order valence-electron chi connectivity index (χ3n) is 6.11. The van der Waals surface area contributed by atoms with Crippen LogP contribution < -0.4 is 10.5 Å². The fourth-order valence-electron chi connectivity index (χ4n) is 4.71. The summed E-state index contributed by atoms with van der Waals surface area (Å²) in [6.07, 6.45) is 3.50. The number of amides is 1. The van der Waals surface area contributed by atoms with Crippen LogP contribution in [0.25, 0.3) is 0 Å². The van der Waals surface area contributed by atoms with Crippen molar-refractivity contribution in [3.05, 3.63) is 81.7 Å². The van der Waals surface area contributed by atoms with Gasteiger partial charge in [0.2, 0.25) is 0 Å². The Morgan fingerprint density at radius 2 is 1.97 bits per heavy atom. The first-order chi connectivity index (χ1) is 14.1. The van der Waals surface area contributed by atoms with Gasteiger partial charge in [-0.25, -0.2) is 4.98 Å².